The quantitative estimate of drug-likeness (QED) is 0.692. The summed E-state index contributed by atoms with van der Waals surface area (Å²) < 4.78 is 34.8. The summed E-state index contributed by atoms with van der Waals surface area (Å²) in [5.74, 6) is 0. The van der Waals surface area contributed by atoms with E-state index >= 15 is 0 Å². The van der Waals surface area contributed by atoms with Crippen LogP contribution >= 0.6 is 7.91 Å². The lowest BCUT2D eigenvalue weighted by Gasteiger charge is -2.17. The van der Waals surface area contributed by atoms with Crippen molar-refractivity contribution in [3.8, 4) is 0 Å². The second kappa shape index (κ2) is 4.94. The summed E-state index contributed by atoms with van der Waals surface area (Å²) in [5, 5.41) is 0. The van der Waals surface area contributed by atoms with Gasteiger partial charge in [0.25, 0.3) is 0 Å². The molecule has 0 heterocycles. The Morgan fingerprint density at radius 1 is 0.867 bits per heavy atom. The molecule has 0 radical (unpaired) electrons. The molecule has 0 spiro atoms. The Balaban J connectivity index is 1.79. The maximum atomic E-state index is 13.5. The summed E-state index contributed by atoms with van der Waals surface area (Å²) in [5.41, 5.74) is 0. The maximum absolute atomic E-state index is 13.5. The minimum Gasteiger partial charge on any atom is -0.280 e. The van der Waals surface area contributed by atoms with E-state index in [0.717, 1.165) is 51.4 Å². The summed E-state index contributed by atoms with van der Waals surface area (Å²) in [4.78, 5) is 0. The van der Waals surface area contributed by atoms with Gasteiger partial charge in [-0.25, -0.2) is 4.57 Å². The van der Waals surface area contributed by atoms with Gasteiger partial charge in [0.15, 0.2) is 0 Å². The van der Waals surface area contributed by atoms with E-state index < -0.39 is 7.91 Å². The standard InChI is InChI=1S/C10H18FO3P/c11-15(12,13-9-5-1-2-6-9)14-10-7-3-4-8-10/h9-10H,1-8H2. The molecule has 0 atom stereocenters. The van der Waals surface area contributed by atoms with Crippen LogP contribution in [0.3, 0.4) is 0 Å². The van der Waals surface area contributed by atoms with E-state index in [-0.39, 0.29) is 12.2 Å². The molecule has 0 amide bonds. The van der Waals surface area contributed by atoms with Crippen molar-refractivity contribution in [2.24, 2.45) is 0 Å². The first-order valence-corrected chi connectivity index (χ1v) is 7.25. The van der Waals surface area contributed by atoms with E-state index in [4.69, 9.17) is 9.05 Å². The van der Waals surface area contributed by atoms with Crippen LogP contribution in [0.25, 0.3) is 0 Å². The number of halogens is 1. The van der Waals surface area contributed by atoms with Crippen LogP contribution in [0.4, 0.5) is 4.20 Å². The summed E-state index contributed by atoms with van der Waals surface area (Å²) in [7, 11) is -4.29. The number of hydrogen-bond donors (Lipinski definition) is 0. The second-order valence-corrected chi connectivity index (χ2v) is 5.74. The molecule has 15 heavy (non-hydrogen) atoms. The Labute approximate surface area is 90.0 Å². The van der Waals surface area contributed by atoms with Gasteiger partial charge in [-0.3, -0.25) is 9.05 Å². The first-order valence-electron chi connectivity index (χ1n) is 5.82. The molecule has 2 saturated carbocycles. The highest BCUT2D eigenvalue weighted by Crippen LogP contribution is 2.55. The maximum Gasteiger partial charge on any atom is 0.513 e. The predicted molar refractivity (Wildman–Crippen MR) is 55.4 cm³/mol. The van der Waals surface area contributed by atoms with Crippen LogP contribution < -0.4 is 0 Å². The molecule has 0 unspecified atom stereocenters. The van der Waals surface area contributed by atoms with Crippen molar-refractivity contribution >= 4 is 7.91 Å². The van der Waals surface area contributed by atoms with Crippen molar-refractivity contribution in [2.75, 3.05) is 0 Å². The third kappa shape index (κ3) is 3.54. The fourth-order valence-corrected chi connectivity index (χ4v) is 3.55. The van der Waals surface area contributed by atoms with Gasteiger partial charge < -0.3 is 0 Å². The molecule has 5 heteroatoms. The van der Waals surface area contributed by atoms with Crippen molar-refractivity contribution in [3.63, 3.8) is 0 Å². The Morgan fingerprint density at radius 3 is 1.53 bits per heavy atom. The van der Waals surface area contributed by atoms with E-state index in [1.165, 1.54) is 0 Å². The van der Waals surface area contributed by atoms with Gasteiger partial charge in [-0.05, 0) is 25.7 Å². The van der Waals surface area contributed by atoms with Gasteiger partial charge in [-0.15, -0.1) is 4.20 Å². The molecule has 0 aromatic carbocycles. The van der Waals surface area contributed by atoms with Gasteiger partial charge >= 0.3 is 7.91 Å². The third-order valence-corrected chi connectivity index (χ3v) is 4.25. The molecule has 0 N–H and O–H groups in total. The number of hydrogen-bond acceptors (Lipinski definition) is 3. The molecule has 0 aromatic rings. The minimum absolute atomic E-state index is 0.192. The lowest BCUT2D eigenvalue weighted by atomic mass is 10.3. The SMILES string of the molecule is O=P(F)(OC1CCCC1)OC1CCCC1. The van der Waals surface area contributed by atoms with Crippen molar-refractivity contribution < 1.29 is 17.8 Å². The van der Waals surface area contributed by atoms with E-state index in [1.54, 1.807) is 0 Å². The average molecular weight is 236 g/mol. The van der Waals surface area contributed by atoms with E-state index in [2.05, 4.69) is 0 Å². The summed E-state index contributed by atoms with van der Waals surface area (Å²) in [6, 6.07) is 0. The second-order valence-electron chi connectivity index (χ2n) is 4.45. The molecule has 0 saturated heterocycles. The Kier molecular flexibility index (Phi) is 3.81. The van der Waals surface area contributed by atoms with Gasteiger partial charge in [0.05, 0.1) is 12.2 Å². The zero-order valence-electron chi connectivity index (χ0n) is 8.86. The largest absolute Gasteiger partial charge is 0.513 e. The van der Waals surface area contributed by atoms with Crippen LogP contribution in [-0.4, -0.2) is 12.2 Å². The highest BCUT2D eigenvalue weighted by atomic mass is 31.2. The number of rotatable bonds is 4. The van der Waals surface area contributed by atoms with E-state index in [0.29, 0.717) is 0 Å². The first-order chi connectivity index (χ1) is 7.16. The van der Waals surface area contributed by atoms with Crippen LogP contribution in [0.2, 0.25) is 0 Å². The minimum atomic E-state index is -4.29. The molecule has 2 aliphatic rings. The van der Waals surface area contributed by atoms with Crippen LogP contribution in [-0.2, 0) is 13.6 Å². The third-order valence-electron chi connectivity index (χ3n) is 3.15. The molecular weight excluding hydrogens is 218 g/mol. The van der Waals surface area contributed by atoms with Crippen LogP contribution in [0, 0.1) is 0 Å². The van der Waals surface area contributed by atoms with E-state index in [1.807, 2.05) is 0 Å². The predicted octanol–water partition coefficient (Wildman–Crippen LogP) is 3.98. The normalized spacial score (nSPS) is 25.1. The van der Waals surface area contributed by atoms with Crippen LogP contribution in [0.5, 0.6) is 0 Å². The molecule has 2 fully saturated rings. The topological polar surface area (TPSA) is 35.5 Å². The summed E-state index contributed by atoms with van der Waals surface area (Å²) in [6.45, 7) is 0. The molecule has 88 valence electrons. The smallest absolute Gasteiger partial charge is 0.280 e. The first kappa shape index (κ1) is 11.6. The monoisotopic (exact) mass is 236 g/mol. The van der Waals surface area contributed by atoms with Crippen molar-refractivity contribution in [1.29, 1.82) is 0 Å². The van der Waals surface area contributed by atoms with Crippen molar-refractivity contribution in [1.82, 2.24) is 0 Å². The lowest BCUT2D eigenvalue weighted by Crippen LogP contribution is -2.10. The van der Waals surface area contributed by atoms with Crippen LogP contribution in [0.15, 0.2) is 0 Å². The zero-order chi connectivity index (χ0) is 10.7. The Morgan fingerprint density at radius 2 is 1.20 bits per heavy atom. The summed E-state index contributed by atoms with van der Waals surface area (Å²) >= 11 is 0. The Bertz CT molecular complexity index is 225. The molecule has 0 bridgehead atoms. The summed E-state index contributed by atoms with van der Waals surface area (Å²) in [6.07, 6.45) is 6.99. The molecule has 2 rings (SSSR count). The lowest BCUT2D eigenvalue weighted by molar-refractivity contribution is 0.0957. The van der Waals surface area contributed by atoms with Crippen molar-refractivity contribution in [3.05, 3.63) is 0 Å². The fraction of sp³-hybridized carbons (Fsp3) is 1.00. The molecule has 2 aliphatic carbocycles. The fourth-order valence-electron chi connectivity index (χ4n) is 2.37. The van der Waals surface area contributed by atoms with Gasteiger partial charge in [-0.2, -0.15) is 0 Å². The zero-order valence-corrected chi connectivity index (χ0v) is 9.76. The van der Waals surface area contributed by atoms with Gasteiger partial charge in [0.2, 0.25) is 0 Å². The highest BCUT2D eigenvalue weighted by molar-refractivity contribution is 7.48. The highest BCUT2D eigenvalue weighted by Gasteiger charge is 2.34. The Hall–Kier alpha value is 0.0800. The van der Waals surface area contributed by atoms with Gasteiger partial charge in [0, 0.05) is 0 Å². The van der Waals surface area contributed by atoms with Gasteiger partial charge in [-0.1, -0.05) is 25.7 Å². The average Bonchev–Trinajstić information content (AvgIpc) is 2.75. The molecule has 3 nitrogen and oxygen atoms in total. The van der Waals surface area contributed by atoms with E-state index in [9.17, 15) is 8.76 Å². The molecular formula is C10H18FO3P. The van der Waals surface area contributed by atoms with Crippen molar-refractivity contribution in [2.45, 2.75) is 63.6 Å². The van der Waals surface area contributed by atoms with Crippen LogP contribution in [0.1, 0.15) is 51.4 Å². The molecule has 0 aliphatic heterocycles. The van der Waals surface area contributed by atoms with Gasteiger partial charge in [0.1, 0.15) is 0 Å². The molecule has 0 aromatic heterocycles.